The Morgan fingerprint density at radius 2 is 1.80 bits per heavy atom. The van der Waals surface area contributed by atoms with Gasteiger partial charge in [-0.2, -0.15) is 0 Å². The summed E-state index contributed by atoms with van der Waals surface area (Å²) in [4.78, 5) is 11.9. The van der Waals surface area contributed by atoms with Gasteiger partial charge >= 0.3 is 5.97 Å². The molecule has 0 amide bonds. The van der Waals surface area contributed by atoms with E-state index < -0.39 is 5.97 Å². The maximum atomic E-state index is 11.9. The van der Waals surface area contributed by atoms with Gasteiger partial charge in [0.1, 0.15) is 11.5 Å². The summed E-state index contributed by atoms with van der Waals surface area (Å²) < 4.78 is 20.9. The lowest BCUT2D eigenvalue weighted by Crippen LogP contribution is -1.96. The molecule has 0 unspecified atom stereocenters. The highest BCUT2D eigenvalue weighted by molar-refractivity contribution is 6.06. The fourth-order valence-corrected chi connectivity index (χ4v) is 2.07. The summed E-state index contributed by atoms with van der Waals surface area (Å²) in [5.74, 6) is 1.65. The highest BCUT2D eigenvalue weighted by Crippen LogP contribution is 2.39. The van der Waals surface area contributed by atoms with Gasteiger partial charge in [-0.15, -0.1) is 0 Å². The Bertz CT molecular complexity index is 683. The van der Waals surface area contributed by atoms with Crippen LogP contribution >= 0.6 is 0 Å². The molecular weight excluding hydrogens is 260 g/mol. The van der Waals surface area contributed by atoms with E-state index in [-0.39, 0.29) is 0 Å². The van der Waals surface area contributed by atoms with E-state index in [1.165, 1.54) is 14.2 Å². The van der Waals surface area contributed by atoms with Gasteiger partial charge in [-0.3, -0.25) is 0 Å². The van der Waals surface area contributed by atoms with Crippen molar-refractivity contribution in [3.8, 4) is 11.5 Å². The minimum atomic E-state index is -0.418. The molecule has 102 valence electrons. The Hall–Kier alpha value is -2.69. The normalized spacial score (nSPS) is 15.1. The standard InChI is InChI=1S/C15H12O5/c1-17-13-7-10-11(8-14(13)18-2)15(16)20-12(10)6-9-4-3-5-19-9/h3-8H,1-2H3/b12-6+. The zero-order valence-electron chi connectivity index (χ0n) is 11.0. The first-order valence-electron chi connectivity index (χ1n) is 5.96. The number of carbonyl (C=O) groups is 1. The van der Waals surface area contributed by atoms with E-state index in [1.54, 1.807) is 36.6 Å². The van der Waals surface area contributed by atoms with Crippen molar-refractivity contribution in [3.05, 3.63) is 47.4 Å². The van der Waals surface area contributed by atoms with E-state index in [1.807, 2.05) is 0 Å². The van der Waals surface area contributed by atoms with Gasteiger partial charge in [0, 0.05) is 11.6 Å². The van der Waals surface area contributed by atoms with Gasteiger partial charge < -0.3 is 18.6 Å². The van der Waals surface area contributed by atoms with E-state index in [9.17, 15) is 4.79 Å². The maximum absolute atomic E-state index is 11.9. The molecule has 1 aliphatic rings. The number of fused-ring (bicyclic) bond motifs is 1. The molecule has 5 nitrogen and oxygen atoms in total. The molecule has 5 heteroatoms. The lowest BCUT2D eigenvalue weighted by Gasteiger charge is -2.08. The monoisotopic (exact) mass is 272 g/mol. The van der Waals surface area contributed by atoms with Gasteiger partial charge in [0.2, 0.25) is 0 Å². The number of methoxy groups -OCH3 is 2. The summed E-state index contributed by atoms with van der Waals surface area (Å²) in [6, 6.07) is 6.87. The van der Waals surface area contributed by atoms with Crippen molar-refractivity contribution in [1.82, 2.24) is 0 Å². The van der Waals surface area contributed by atoms with Gasteiger partial charge in [0.25, 0.3) is 0 Å². The Morgan fingerprint density at radius 3 is 2.40 bits per heavy atom. The number of hydrogen-bond donors (Lipinski definition) is 0. The molecule has 1 aromatic carbocycles. The quantitative estimate of drug-likeness (QED) is 0.804. The van der Waals surface area contributed by atoms with E-state index in [0.717, 1.165) is 0 Å². The fourth-order valence-electron chi connectivity index (χ4n) is 2.07. The number of cyclic esters (lactones) is 1. The molecule has 1 aromatic heterocycles. The zero-order valence-corrected chi connectivity index (χ0v) is 11.0. The average molecular weight is 272 g/mol. The number of hydrogen-bond acceptors (Lipinski definition) is 5. The van der Waals surface area contributed by atoms with Crippen LogP contribution in [0, 0.1) is 0 Å². The minimum Gasteiger partial charge on any atom is -0.493 e. The first-order chi connectivity index (χ1) is 9.72. The second-order valence-corrected chi connectivity index (χ2v) is 4.17. The lowest BCUT2D eigenvalue weighted by molar-refractivity contribution is 0.0716. The van der Waals surface area contributed by atoms with Crippen molar-refractivity contribution < 1.29 is 23.4 Å². The van der Waals surface area contributed by atoms with E-state index in [4.69, 9.17) is 18.6 Å². The molecule has 3 rings (SSSR count). The highest BCUT2D eigenvalue weighted by Gasteiger charge is 2.29. The van der Waals surface area contributed by atoms with Crippen LogP contribution < -0.4 is 9.47 Å². The molecule has 2 heterocycles. The SMILES string of the molecule is COc1cc2c(cc1OC)/C(=C\c1ccco1)OC2=O. The topological polar surface area (TPSA) is 57.9 Å². The third-order valence-electron chi connectivity index (χ3n) is 3.03. The largest absolute Gasteiger partial charge is 0.493 e. The fraction of sp³-hybridized carbons (Fsp3) is 0.133. The van der Waals surface area contributed by atoms with Gasteiger partial charge in [-0.1, -0.05) is 0 Å². The lowest BCUT2D eigenvalue weighted by atomic mass is 10.1. The second-order valence-electron chi connectivity index (χ2n) is 4.17. The predicted molar refractivity (Wildman–Crippen MR) is 71.5 cm³/mol. The zero-order chi connectivity index (χ0) is 14.1. The number of esters is 1. The van der Waals surface area contributed by atoms with Crippen LogP contribution in [0.15, 0.2) is 34.9 Å². The number of furan rings is 1. The van der Waals surface area contributed by atoms with Crippen LogP contribution in [0.4, 0.5) is 0 Å². The second kappa shape index (κ2) is 4.77. The third kappa shape index (κ3) is 1.93. The van der Waals surface area contributed by atoms with Crippen LogP contribution in [-0.2, 0) is 4.74 Å². The summed E-state index contributed by atoms with van der Waals surface area (Å²) in [6.07, 6.45) is 3.22. The Kier molecular flexibility index (Phi) is 2.95. The maximum Gasteiger partial charge on any atom is 0.344 e. The molecule has 1 aliphatic heterocycles. The Balaban J connectivity index is 2.12. The molecule has 0 atom stereocenters. The molecule has 0 spiro atoms. The first-order valence-corrected chi connectivity index (χ1v) is 5.96. The van der Waals surface area contributed by atoms with Crippen LogP contribution in [0.5, 0.6) is 11.5 Å². The predicted octanol–water partition coefficient (Wildman–Crippen LogP) is 2.97. The van der Waals surface area contributed by atoms with Crippen molar-refractivity contribution >= 4 is 17.8 Å². The van der Waals surface area contributed by atoms with Gasteiger partial charge in [-0.25, -0.2) is 4.79 Å². The molecule has 0 saturated heterocycles. The number of ether oxygens (including phenoxy) is 3. The minimum absolute atomic E-state index is 0.418. The summed E-state index contributed by atoms with van der Waals surface area (Å²) in [5.41, 5.74) is 1.10. The van der Waals surface area contributed by atoms with E-state index in [0.29, 0.717) is 34.1 Å². The van der Waals surface area contributed by atoms with Crippen LogP contribution in [0.2, 0.25) is 0 Å². The molecule has 2 aromatic rings. The summed E-state index contributed by atoms with van der Waals surface area (Å²) in [7, 11) is 3.06. The van der Waals surface area contributed by atoms with Crippen molar-refractivity contribution in [2.75, 3.05) is 14.2 Å². The molecule has 0 saturated carbocycles. The summed E-state index contributed by atoms with van der Waals surface area (Å²) in [5, 5.41) is 0. The smallest absolute Gasteiger partial charge is 0.344 e. The molecule has 0 aliphatic carbocycles. The van der Waals surface area contributed by atoms with E-state index in [2.05, 4.69) is 0 Å². The molecule has 0 radical (unpaired) electrons. The van der Waals surface area contributed by atoms with Crippen molar-refractivity contribution in [3.63, 3.8) is 0 Å². The number of rotatable bonds is 3. The number of carbonyl (C=O) groups excluding carboxylic acids is 1. The molecule has 0 fully saturated rings. The first kappa shape index (κ1) is 12.3. The van der Waals surface area contributed by atoms with Crippen molar-refractivity contribution in [2.24, 2.45) is 0 Å². The Labute approximate surface area is 115 Å². The van der Waals surface area contributed by atoms with E-state index >= 15 is 0 Å². The van der Waals surface area contributed by atoms with Crippen molar-refractivity contribution in [1.29, 1.82) is 0 Å². The molecule has 0 N–H and O–H groups in total. The molecule has 0 bridgehead atoms. The van der Waals surface area contributed by atoms with Crippen LogP contribution in [-0.4, -0.2) is 20.2 Å². The Morgan fingerprint density at radius 1 is 1.10 bits per heavy atom. The van der Waals surface area contributed by atoms with Crippen LogP contribution in [0.3, 0.4) is 0 Å². The van der Waals surface area contributed by atoms with Gasteiger partial charge in [-0.05, 0) is 24.3 Å². The van der Waals surface area contributed by atoms with Gasteiger partial charge in [0.15, 0.2) is 11.5 Å². The van der Waals surface area contributed by atoms with Gasteiger partial charge in [0.05, 0.1) is 26.0 Å². The molecule has 20 heavy (non-hydrogen) atoms. The summed E-state index contributed by atoms with van der Waals surface area (Å²) in [6.45, 7) is 0. The summed E-state index contributed by atoms with van der Waals surface area (Å²) >= 11 is 0. The van der Waals surface area contributed by atoms with Crippen LogP contribution in [0.25, 0.3) is 11.8 Å². The highest BCUT2D eigenvalue weighted by atomic mass is 16.5. The molecular formula is C15H12O5. The van der Waals surface area contributed by atoms with Crippen LogP contribution in [0.1, 0.15) is 21.7 Å². The van der Waals surface area contributed by atoms with Crippen molar-refractivity contribution in [2.45, 2.75) is 0 Å². The number of benzene rings is 1. The third-order valence-corrected chi connectivity index (χ3v) is 3.03. The average Bonchev–Trinajstić information content (AvgIpc) is 3.07.